The molecule has 4 rings (SSSR count). The number of ether oxygens (including phenoxy) is 1. The molecular formula is C18H15N5OS. The van der Waals surface area contributed by atoms with E-state index in [1.165, 1.54) is 0 Å². The minimum absolute atomic E-state index is 0.719. The summed E-state index contributed by atoms with van der Waals surface area (Å²) < 4.78 is 7.71. The van der Waals surface area contributed by atoms with Gasteiger partial charge >= 0.3 is 0 Å². The number of aryl methyl sites for hydroxylation is 1. The van der Waals surface area contributed by atoms with Gasteiger partial charge in [-0.1, -0.05) is 18.2 Å². The number of aromatic nitrogens is 5. The zero-order valence-electron chi connectivity index (χ0n) is 13.5. The molecule has 0 bridgehead atoms. The molecule has 0 saturated carbocycles. The van der Waals surface area contributed by atoms with Crippen molar-refractivity contribution in [3.63, 3.8) is 0 Å². The Morgan fingerprint density at radius 3 is 2.88 bits per heavy atom. The SMILES string of the molecule is Cn1ncc2c(SCc3ccccc3Oc3cccnc3)ncnc21. The van der Waals surface area contributed by atoms with Crippen molar-refractivity contribution >= 4 is 22.8 Å². The van der Waals surface area contributed by atoms with Crippen LogP contribution in [0.1, 0.15) is 5.56 Å². The van der Waals surface area contributed by atoms with Gasteiger partial charge < -0.3 is 4.74 Å². The van der Waals surface area contributed by atoms with E-state index < -0.39 is 0 Å². The first kappa shape index (κ1) is 15.6. The monoisotopic (exact) mass is 349 g/mol. The fraction of sp³-hybridized carbons (Fsp3) is 0.111. The number of thioether (sulfide) groups is 1. The highest BCUT2D eigenvalue weighted by Gasteiger charge is 2.10. The summed E-state index contributed by atoms with van der Waals surface area (Å²) in [5.41, 5.74) is 1.92. The zero-order valence-corrected chi connectivity index (χ0v) is 14.3. The van der Waals surface area contributed by atoms with E-state index in [1.807, 2.05) is 37.4 Å². The van der Waals surface area contributed by atoms with Crippen LogP contribution < -0.4 is 4.74 Å². The molecule has 7 heteroatoms. The summed E-state index contributed by atoms with van der Waals surface area (Å²) in [6.45, 7) is 0. The minimum atomic E-state index is 0.719. The van der Waals surface area contributed by atoms with Gasteiger partial charge in [-0.2, -0.15) is 5.10 Å². The molecule has 0 spiro atoms. The average Bonchev–Trinajstić information content (AvgIpc) is 3.04. The average molecular weight is 349 g/mol. The number of fused-ring (bicyclic) bond motifs is 1. The number of pyridine rings is 1. The van der Waals surface area contributed by atoms with Crippen LogP contribution in [0, 0.1) is 0 Å². The molecule has 0 atom stereocenters. The van der Waals surface area contributed by atoms with E-state index in [9.17, 15) is 0 Å². The van der Waals surface area contributed by atoms with Gasteiger partial charge in [-0.3, -0.25) is 9.67 Å². The standard InChI is InChI=1S/C18H15N5OS/c1-23-17-15(10-22-23)18(21-12-20-17)25-11-13-5-2-3-7-16(13)24-14-6-4-8-19-9-14/h2-10,12H,11H2,1H3. The molecule has 0 aliphatic rings. The number of rotatable bonds is 5. The van der Waals surface area contributed by atoms with Crippen LogP contribution in [0.3, 0.4) is 0 Å². The number of nitrogens with zero attached hydrogens (tertiary/aromatic N) is 5. The van der Waals surface area contributed by atoms with Crippen molar-refractivity contribution in [3.05, 3.63) is 66.9 Å². The maximum atomic E-state index is 5.96. The second-order valence-electron chi connectivity index (χ2n) is 5.37. The Morgan fingerprint density at radius 2 is 2.00 bits per heavy atom. The summed E-state index contributed by atoms with van der Waals surface area (Å²) >= 11 is 1.64. The van der Waals surface area contributed by atoms with E-state index in [-0.39, 0.29) is 0 Å². The molecule has 3 aromatic heterocycles. The highest BCUT2D eigenvalue weighted by atomic mass is 32.2. The quantitative estimate of drug-likeness (QED) is 0.403. The summed E-state index contributed by atoms with van der Waals surface area (Å²) in [4.78, 5) is 12.8. The lowest BCUT2D eigenvalue weighted by molar-refractivity contribution is 0.476. The number of para-hydroxylation sites is 1. The predicted octanol–water partition coefficient (Wildman–Crippen LogP) is 3.84. The largest absolute Gasteiger partial charge is 0.455 e. The summed E-state index contributed by atoms with van der Waals surface area (Å²) in [7, 11) is 1.88. The molecule has 0 N–H and O–H groups in total. The van der Waals surface area contributed by atoms with Gasteiger partial charge in [0, 0.05) is 24.6 Å². The third-order valence-electron chi connectivity index (χ3n) is 3.69. The lowest BCUT2D eigenvalue weighted by atomic mass is 10.2. The zero-order chi connectivity index (χ0) is 17.1. The molecule has 0 radical (unpaired) electrons. The first-order valence-corrected chi connectivity index (χ1v) is 8.71. The van der Waals surface area contributed by atoms with Crippen molar-refractivity contribution in [2.75, 3.05) is 0 Å². The lowest BCUT2D eigenvalue weighted by Gasteiger charge is -2.10. The van der Waals surface area contributed by atoms with Crippen LogP contribution in [0.15, 0.2) is 66.3 Å². The number of benzene rings is 1. The van der Waals surface area contributed by atoms with Crippen LogP contribution >= 0.6 is 11.8 Å². The third-order valence-corrected chi connectivity index (χ3v) is 4.75. The first-order chi connectivity index (χ1) is 12.3. The number of hydrogen-bond acceptors (Lipinski definition) is 6. The van der Waals surface area contributed by atoms with Gasteiger partial charge in [0.15, 0.2) is 5.65 Å². The summed E-state index contributed by atoms with van der Waals surface area (Å²) in [5.74, 6) is 2.27. The highest BCUT2D eigenvalue weighted by Crippen LogP contribution is 2.32. The van der Waals surface area contributed by atoms with Crippen LogP contribution in [0.4, 0.5) is 0 Å². The van der Waals surface area contributed by atoms with Crippen LogP contribution in [-0.2, 0) is 12.8 Å². The van der Waals surface area contributed by atoms with E-state index >= 15 is 0 Å². The second-order valence-corrected chi connectivity index (χ2v) is 6.34. The van der Waals surface area contributed by atoms with E-state index in [0.29, 0.717) is 0 Å². The van der Waals surface area contributed by atoms with Gasteiger partial charge in [0.2, 0.25) is 0 Å². The van der Waals surface area contributed by atoms with Crippen LogP contribution in [-0.4, -0.2) is 24.7 Å². The summed E-state index contributed by atoms with van der Waals surface area (Å²) in [6.07, 6.45) is 6.80. The topological polar surface area (TPSA) is 65.7 Å². The summed E-state index contributed by atoms with van der Waals surface area (Å²) in [5, 5.41) is 6.12. The van der Waals surface area contributed by atoms with Crippen molar-refractivity contribution in [1.82, 2.24) is 24.7 Å². The molecule has 0 saturated heterocycles. The fourth-order valence-corrected chi connectivity index (χ4v) is 3.41. The molecule has 0 aliphatic heterocycles. The van der Waals surface area contributed by atoms with Gasteiger partial charge in [-0.25, -0.2) is 9.97 Å². The molecule has 4 aromatic rings. The molecule has 0 unspecified atom stereocenters. The fourth-order valence-electron chi connectivity index (χ4n) is 2.46. The Morgan fingerprint density at radius 1 is 1.08 bits per heavy atom. The minimum Gasteiger partial charge on any atom is -0.455 e. The predicted molar refractivity (Wildman–Crippen MR) is 96.6 cm³/mol. The molecule has 0 aliphatic carbocycles. The highest BCUT2D eigenvalue weighted by molar-refractivity contribution is 7.98. The number of hydrogen-bond donors (Lipinski definition) is 0. The van der Waals surface area contributed by atoms with Crippen molar-refractivity contribution in [2.24, 2.45) is 7.05 Å². The van der Waals surface area contributed by atoms with Gasteiger partial charge in [-0.05, 0) is 18.2 Å². The summed E-state index contributed by atoms with van der Waals surface area (Å²) in [6, 6.07) is 11.7. The van der Waals surface area contributed by atoms with Crippen molar-refractivity contribution in [2.45, 2.75) is 10.8 Å². The smallest absolute Gasteiger partial charge is 0.162 e. The maximum absolute atomic E-state index is 5.96. The Balaban J connectivity index is 1.57. The van der Waals surface area contributed by atoms with Crippen LogP contribution in [0.25, 0.3) is 11.0 Å². The van der Waals surface area contributed by atoms with Gasteiger partial charge in [0.1, 0.15) is 22.9 Å². The van der Waals surface area contributed by atoms with Crippen LogP contribution in [0.5, 0.6) is 11.5 Å². The molecular weight excluding hydrogens is 334 g/mol. The third kappa shape index (κ3) is 3.32. The van der Waals surface area contributed by atoms with Gasteiger partial charge in [0.25, 0.3) is 0 Å². The lowest BCUT2D eigenvalue weighted by Crippen LogP contribution is -1.94. The molecule has 6 nitrogen and oxygen atoms in total. The van der Waals surface area contributed by atoms with Gasteiger partial charge in [0.05, 0.1) is 17.8 Å². The van der Waals surface area contributed by atoms with Crippen molar-refractivity contribution in [3.8, 4) is 11.5 Å². The molecule has 3 heterocycles. The Hall–Kier alpha value is -2.93. The van der Waals surface area contributed by atoms with E-state index in [0.717, 1.165) is 38.9 Å². The van der Waals surface area contributed by atoms with Crippen molar-refractivity contribution < 1.29 is 4.74 Å². The second kappa shape index (κ2) is 6.90. The van der Waals surface area contributed by atoms with Crippen molar-refractivity contribution in [1.29, 1.82) is 0 Å². The van der Waals surface area contributed by atoms with E-state index in [1.54, 1.807) is 41.4 Å². The van der Waals surface area contributed by atoms with Gasteiger partial charge in [-0.15, -0.1) is 11.8 Å². The molecule has 25 heavy (non-hydrogen) atoms. The molecule has 0 fully saturated rings. The normalized spacial score (nSPS) is 10.9. The Kier molecular flexibility index (Phi) is 4.30. The van der Waals surface area contributed by atoms with E-state index in [4.69, 9.17) is 4.74 Å². The van der Waals surface area contributed by atoms with E-state index in [2.05, 4.69) is 26.1 Å². The molecule has 124 valence electrons. The Bertz CT molecular complexity index is 1000. The Labute approximate surface area is 148 Å². The van der Waals surface area contributed by atoms with Crippen LogP contribution in [0.2, 0.25) is 0 Å². The maximum Gasteiger partial charge on any atom is 0.162 e. The first-order valence-electron chi connectivity index (χ1n) is 7.72. The molecule has 1 aromatic carbocycles. The molecule has 0 amide bonds.